The molecule has 0 spiro atoms. The van der Waals surface area contributed by atoms with Crippen LogP contribution < -0.4 is 10.6 Å². The van der Waals surface area contributed by atoms with Crippen LogP contribution in [-0.4, -0.2) is 32.3 Å². The monoisotopic (exact) mass is 587 g/mol. The Hall–Kier alpha value is -2.76. The van der Waals surface area contributed by atoms with Gasteiger partial charge in [-0.2, -0.15) is 13.2 Å². The number of amides is 2. The van der Waals surface area contributed by atoms with Crippen molar-refractivity contribution < 1.29 is 22.8 Å². The summed E-state index contributed by atoms with van der Waals surface area (Å²) in [6.45, 7) is 6.37. The molecular weight excluding hydrogens is 562 g/mol. The van der Waals surface area contributed by atoms with Crippen molar-refractivity contribution in [1.82, 2.24) is 20.1 Å². The van der Waals surface area contributed by atoms with Crippen molar-refractivity contribution in [3.63, 3.8) is 0 Å². The van der Waals surface area contributed by atoms with Crippen LogP contribution in [0.5, 0.6) is 0 Å². The van der Waals surface area contributed by atoms with E-state index in [0.29, 0.717) is 34.5 Å². The Bertz CT molecular complexity index is 1300. The van der Waals surface area contributed by atoms with Crippen LogP contribution in [0.3, 0.4) is 0 Å². The Kier molecular flexibility index (Phi) is 10.1. The lowest BCUT2D eigenvalue weighted by molar-refractivity contribution is -0.137. The number of carbonyl (C=O) groups excluding carboxylic acids is 2. The first-order valence-corrected chi connectivity index (χ1v) is 13.4. The second-order valence-corrected chi connectivity index (χ2v) is 10.5. The quantitative estimate of drug-likeness (QED) is 0.253. The molecule has 1 aromatic heterocycles. The Morgan fingerprint density at radius 3 is 2.42 bits per heavy atom. The Morgan fingerprint density at radius 2 is 1.79 bits per heavy atom. The third kappa shape index (κ3) is 7.64. The first-order valence-electron chi connectivity index (χ1n) is 11.7. The van der Waals surface area contributed by atoms with Crippen LogP contribution >= 0.6 is 35.0 Å². The van der Waals surface area contributed by atoms with Crippen LogP contribution in [0.25, 0.3) is 0 Å². The van der Waals surface area contributed by atoms with Crippen molar-refractivity contribution in [3.05, 3.63) is 69.5 Å². The van der Waals surface area contributed by atoms with Gasteiger partial charge in [-0.15, -0.1) is 10.2 Å². The highest BCUT2D eigenvalue weighted by Gasteiger charge is 2.31. The number of rotatable bonds is 10. The fourth-order valence-corrected chi connectivity index (χ4v) is 4.85. The number of aromatic nitrogens is 3. The summed E-state index contributed by atoms with van der Waals surface area (Å²) in [6.07, 6.45) is -3.99. The largest absolute Gasteiger partial charge is 0.416 e. The van der Waals surface area contributed by atoms with Gasteiger partial charge >= 0.3 is 6.18 Å². The summed E-state index contributed by atoms with van der Waals surface area (Å²) in [4.78, 5) is 25.5. The second kappa shape index (κ2) is 12.9. The number of nitrogens with one attached hydrogen (secondary N) is 2. The zero-order valence-corrected chi connectivity index (χ0v) is 23.1. The van der Waals surface area contributed by atoms with Gasteiger partial charge in [0.25, 0.3) is 5.91 Å². The molecule has 13 heteroatoms. The molecule has 0 aliphatic carbocycles. The molecule has 0 unspecified atom stereocenters. The van der Waals surface area contributed by atoms with E-state index in [2.05, 4.69) is 20.8 Å². The molecule has 3 rings (SSSR count). The number of hydrogen-bond acceptors (Lipinski definition) is 5. The normalized spacial score (nSPS) is 12.4. The third-order valence-corrected chi connectivity index (χ3v) is 7.03. The molecule has 0 saturated carbocycles. The first-order chi connectivity index (χ1) is 17.9. The highest BCUT2D eigenvalue weighted by Crippen LogP contribution is 2.34. The van der Waals surface area contributed by atoms with E-state index in [4.69, 9.17) is 23.2 Å². The van der Waals surface area contributed by atoms with Crippen molar-refractivity contribution in [2.24, 2.45) is 5.92 Å². The SMILES string of the molecule is CCn1c(SCC(=O)Nc2cc(C(F)(F)F)ccc2Cl)nnc1[C@@H](CC(C)C)NC(=O)c1ccccc1Cl. The smallest absolute Gasteiger partial charge is 0.342 e. The first kappa shape index (κ1) is 29.8. The van der Waals surface area contributed by atoms with E-state index in [1.807, 2.05) is 20.8 Å². The number of halogens is 5. The predicted molar refractivity (Wildman–Crippen MR) is 143 cm³/mol. The van der Waals surface area contributed by atoms with Crippen molar-refractivity contribution in [1.29, 1.82) is 0 Å². The van der Waals surface area contributed by atoms with E-state index in [-0.39, 0.29) is 28.3 Å². The van der Waals surface area contributed by atoms with Gasteiger partial charge < -0.3 is 15.2 Å². The minimum Gasteiger partial charge on any atom is -0.342 e. The highest BCUT2D eigenvalue weighted by atomic mass is 35.5. The summed E-state index contributed by atoms with van der Waals surface area (Å²) in [6, 6.07) is 8.96. The van der Waals surface area contributed by atoms with Crippen LogP contribution in [0.2, 0.25) is 10.0 Å². The average molecular weight is 588 g/mol. The van der Waals surface area contributed by atoms with Crippen LogP contribution in [0.4, 0.5) is 18.9 Å². The summed E-state index contributed by atoms with van der Waals surface area (Å²) in [5.41, 5.74) is -0.718. The summed E-state index contributed by atoms with van der Waals surface area (Å²) in [7, 11) is 0. The molecule has 1 heterocycles. The molecule has 1 atom stereocenters. The van der Waals surface area contributed by atoms with E-state index in [1.54, 1.807) is 28.8 Å². The van der Waals surface area contributed by atoms with E-state index >= 15 is 0 Å². The molecule has 0 bridgehead atoms. The van der Waals surface area contributed by atoms with Gasteiger partial charge in [0.05, 0.1) is 38.7 Å². The Balaban J connectivity index is 1.75. The number of anilines is 1. The zero-order valence-electron chi connectivity index (χ0n) is 20.8. The average Bonchev–Trinajstić information content (AvgIpc) is 3.26. The maximum Gasteiger partial charge on any atom is 0.416 e. The van der Waals surface area contributed by atoms with Gasteiger partial charge in [-0.3, -0.25) is 9.59 Å². The number of alkyl halides is 3. The van der Waals surface area contributed by atoms with Gasteiger partial charge in [0, 0.05) is 6.54 Å². The second-order valence-electron chi connectivity index (χ2n) is 8.75. The maximum atomic E-state index is 13.0. The molecule has 2 N–H and O–H groups in total. The number of nitrogens with zero attached hydrogens (tertiary/aromatic N) is 3. The number of carbonyl (C=O) groups is 2. The lowest BCUT2D eigenvalue weighted by Gasteiger charge is -2.21. The molecule has 0 fully saturated rings. The van der Waals surface area contributed by atoms with Gasteiger partial charge in [-0.25, -0.2) is 0 Å². The fourth-order valence-electron chi connectivity index (χ4n) is 3.66. The molecule has 204 valence electrons. The summed E-state index contributed by atoms with van der Waals surface area (Å²) < 4.78 is 40.9. The van der Waals surface area contributed by atoms with Gasteiger partial charge in [0.2, 0.25) is 5.91 Å². The number of hydrogen-bond donors (Lipinski definition) is 2. The molecule has 3 aromatic rings. The zero-order chi connectivity index (χ0) is 28.0. The topological polar surface area (TPSA) is 88.9 Å². The number of benzene rings is 2. The minimum absolute atomic E-state index is 0.0128. The van der Waals surface area contributed by atoms with Crippen molar-refractivity contribution in [2.75, 3.05) is 11.1 Å². The van der Waals surface area contributed by atoms with E-state index in [0.717, 1.165) is 30.0 Å². The molecule has 0 aliphatic heterocycles. The van der Waals surface area contributed by atoms with Crippen LogP contribution in [0.15, 0.2) is 47.6 Å². The predicted octanol–water partition coefficient (Wildman–Crippen LogP) is 6.87. The van der Waals surface area contributed by atoms with Crippen molar-refractivity contribution >= 4 is 52.5 Å². The van der Waals surface area contributed by atoms with Gasteiger partial charge in [0.15, 0.2) is 11.0 Å². The molecule has 0 saturated heterocycles. The molecule has 7 nitrogen and oxygen atoms in total. The maximum absolute atomic E-state index is 13.0. The standard InChI is InChI=1S/C25H26Cl2F3N5O2S/c1-4-35-22(20(11-14(2)3)32-23(37)16-7-5-6-8-17(16)26)33-34-24(35)38-13-21(36)31-19-12-15(25(28,29)30)9-10-18(19)27/h5-10,12,14,20H,4,11,13H2,1-3H3,(H,31,36)(H,32,37)/t20-/m1/s1. The van der Waals surface area contributed by atoms with Crippen LogP contribution in [-0.2, 0) is 17.5 Å². The molecular formula is C25H26Cl2F3N5O2S. The Morgan fingerprint density at radius 1 is 1.08 bits per heavy atom. The van der Waals surface area contributed by atoms with Crippen LogP contribution in [0, 0.1) is 5.92 Å². The summed E-state index contributed by atoms with van der Waals surface area (Å²) in [5, 5.41) is 14.6. The van der Waals surface area contributed by atoms with E-state index < -0.39 is 23.7 Å². The van der Waals surface area contributed by atoms with Crippen molar-refractivity contribution in [3.8, 4) is 0 Å². The van der Waals surface area contributed by atoms with Gasteiger partial charge in [-0.05, 0) is 49.6 Å². The third-order valence-electron chi connectivity index (χ3n) is 5.40. The minimum atomic E-state index is -4.57. The van der Waals surface area contributed by atoms with Gasteiger partial charge in [-0.1, -0.05) is 60.9 Å². The Labute approximate surface area is 232 Å². The van der Waals surface area contributed by atoms with Gasteiger partial charge in [0.1, 0.15) is 0 Å². The summed E-state index contributed by atoms with van der Waals surface area (Å²) in [5.74, 6) is -0.323. The van der Waals surface area contributed by atoms with Crippen LogP contribution in [0.1, 0.15) is 55.0 Å². The molecule has 0 radical (unpaired) electrons. The molecule has 2 aromatic carbocycles. The molecule has 38 heavy (non-hydrogen) atoms. The fraction of sp³-hybridized carbons (Fsp3) is 0.360. The summed E-state index contributed by atoms with van der Waals surface area (Å²) >= 11 is 13.2. The highest BCUT2D eigenvalue weighted by molar-refractivity contribution is 7.99. The van der Waals surface area contributed by atoms with Crippen molar-refractivity contribution in [2.45, 2.75) is 51.1 Å². The lowest BCUT2D eigenvalue weighted by Crippen LogP contribution is -2.31. The van der Waals surface area contributed by atoms with E-state index in [1.165, 1.54) is 0 Å². The molecule has 2 amide bonds. The number of thioether (sulfide) groups is 1. The van der Waals surface area contributed by atoms with E-state index in [9.17, 15) is 22.8 Å². The molecule has 0 aliphatic rings. The lowest BCUT2D eigenvalue weighted by atomic mass is 10.0.